The lowest BCUT2D eigenvalue weighted by atomic mass is 10.4. The van der Waals surface area contributed by atoms with Gasteiger partial charge in [0.2, 0.25) is 0 Å². The second-order valence-corrected chi connectivity index (χ2v) is 1.25. The number of hydrogen-bond acceptors (Lipinski definition) is 1. The first-order valence-electron chi connectivity index (χ1n) is 1.62. The molecule has 0 heterocycles. The number of primary amides is 1. The van der Waals surface area contributed by atoms with E-state index in [1.165, 1.54) is 0 Å². The van der Waals surface area contributed by atoms with Crippen molar-refractivity contribution < 1.29 is 13.6 Å². The van der Waals surface area contributed by atoms with Crippen molar-refractivity contribution in [3.8, 4) is 0 Å². The van der Waals surface area contributed by atoms with Crippen molar-refractivity contribution in [1.82, 2.24) is 0 Å². The number of carbonyl (C=O) groups is 1. The molecule has 7 heavy (non-hydrogen) atoms. The summed E-state index contributed by atoms with van der Waals surface area (Å²) >= 11 is 0. The third-order valence-corrected chi connectivity index (χ3v) is 0.433. The highest BCUT2D eigenvalue weighted by Crippen LogP contribution is 2.08. The van der Waals surface area contributed by atoms with Crippen molar-refractivity contribution in [2.75, 3.05) is 0 Å². The molecule has 0 rings (SSSR count). The normalized spacial score (nSPS) is 11.3. The number of carbonyl (C=O) groups excluding carboxylic acids is 1. The average molecular weight is 109 g/mol. The maximum absolute atomic E-state index is 11.4. The van der Waals surface area contributed by atoms with Crippen LogP contribution in [0.15, 0.2) is 0 Å². The summed E-state index contributed by atoms with van der Waals surface area (Å²) in [5, 5.41) is 0. The fraction of sp³-hybridized carbons (Fsp3) is 0.667. The molecule has 2 nitrogen and oxygen atoms in total. The van der Waals surface area contributed by atoms with Crippen LogP contribution in [-0.2, 0) is 4.79 Å². The van der Waals surface area contributed by atoms with Crippen molar-refractivity contribution in [2.45, 2.75) is 12.8 Å². The molecule has 0 saturated carbocycles. The summed E-state index contributed by atoms with van der Waals surface area (Å²) in [6.07, 6.45) is 0. The Morgan fingerprint density at radius 3 is 1.86 bits per heavy atom. The van der Waals surface area contributed by atoms with Gasteiger partial charge in [-0.15, -0.1) is 0 Å². The summed E-state index contributed by atoms with van der Waals surface area (Å²) in [5.41, 5.74) is 4.18. The molecule has 4 heteroatoms. The van der Waals surface area contributed by atoms with Gasteiger partial charge in [0.25, 0.3) is 5.91 Å². The highest BCUT2D eigenvalue weighted by Gasteiger charge is 2.28. The van der Waals surface area contributed by atoms with Gasteiger partial charge in [-0.05, 0) is 0 Å². The predicted molar refractivity (Wildman–Crippen MR) is 19.8 cm³/mol. The Hall–Kier alpha value is -0.670. The molecule has 0 bridgehead atoms. The maximum Gasteiger partial charge on any atom is 0.321 e. The molecular weight excluding hydrogens is 104 g/mol. The van der Waals surface area contributed by atoms with Gasteiger partial charge in [-0.2, -0.15) is 8.78 Å². The fourth-order valence-corrected chi connectivity index (χ4v) is 0. The molecule has 0 aromatic heterocycles. The van der Waals surface area contributed by atoms with Crippen LogP contribution < -0.4 is 5.73 Å². The van der Waals surface area contributed by atoms with Crippen LogP contribution in [0.3, 0.4) is 0 Å². The largest absolute Gasteiger partial charge is 0.364 e. The van der Waals surface area contributed by atoms with Crippen LogP contribution in [0, 0.1) is 0 Å². The minimum absolute atomic E-state index is 0.454. The zero-order valence-electron chi connectivity index (χ0n) is 3.74. The van der Waals surface area contributed by atoms with Gasteiger partial charge in [-0.3, -0.25) is 4.79 Å². The van der Waals surface area contributed by atoms with Crippen LogP contribution in [0.4, 0.5) is 8.78 Å². The van der Waals surface area contributed by atoms with Crippen molar-refractivity contribution in [2.24, 2.45) is 5.73 Å². The SMILES string of the molecule is CC(F)(F)C(N)=O. The Morgan fingerprint density at radius 1 is 1.71 bits per heavy atom. The van der Waals surface area contributed by atoms with Crippen LogP contribution in [0.1, 0.15) is 6.92 Å². The average Bonchev–Trinajstić information content (AvgIpc) is 1.31. The highest BCUT2D eigenvalue weighted by atomic mass is 19.3. The molecular formula is C3H5F2NO. The summed E-state index contributed by atoms with van der Waals surface area (Å²) in [6.45, 7) is 0.454. The summed E-state index contributed by atoms with van der Waals surface area (Å²) in [6, 6.07) is 0. The minimum atomic E-state index is -3.36. The first-order valence-corrected chi connectivity index (χ1v) is 1.62. The van der Waals surface area contributed by atoms with Gasteiger partial charge in [0.15, 0.2) is 0 Å². The summed E-state index contributed by atoms with van der Waals surface area (Å²) < 4.78 is 22.7. The third-order valence-electron chi connectivity index (χ3n) is 0.433. The zero-order chi connectivity index (χ0) is 6.08. The van der Waals surface area contributed by atoms with E-state index in [-0.39, 0.29) is 0 Å². The summed E-state index contributed by atoms with van der Waals surface area (Å²) in [5.74, 6) is -4.95. The van der Waals surface area contributed by atoms with Gasteiger partial charge in [-0.25, -0.2) is 0 Å². The molecule has 1 amide bonds. The fourth-order valence-electron chi connectivity index (χ4n) is 0. The number of amides is 1. The Labute approximate surface area is 39.3 Å². The second kappa shape index (κ2) is 1.44. The van der Waals surface area contributed by atoms with Gasteiger partial charge in [0, 0.05) is 6.92 Å². The standard InChI is InChI=1S/C3H5F2NO/c1-3(4,5)2(6)7/h1H3,(H2,6,7). The van der Waals surface area contributed by atoms with E-state index in [0.29, 0.717) is 6.92 Å². The van der Waals surface area contributed by atoms with Crippen molar-refractivity contribution in [1.29, 1.82) is 0 Å². The van der Waals surface area contributed by atoms with E-state index in [1.807, 2.05) is 0 Å². The molecule has 0 aromatic carbocycles. The monoisotopic (exact) mass is 109 g/mol. The van der Waals surface area contributed by atoms with Crippen LogP contribution in [0.5, 0.6) is 0 Å². The third kappa shape index (κ3) is 2.08. The zero-order valence-corrected chi connectivity index (χ0v) is 3.74. The lowest BCUT2D eigenvalue weighted by Crippen LogP contribution is -2.31. The molecule has 0 aromatic rings. The molecule has 0 spiro atoms. The highest BCUT2D eigenvalue weighted by molar-refractivity contribution is 5.80. The molecule has 0 atom stereocenters. The van der Waals surface area contributed by atoms with E-state index in [2.05, 4.69) is 5.73 Å². The van der Waals surface area contributed by atoms with E-state index in [1.54, 1.807) is 0 Å². The Morgan fingerprint density at radius 2 is 1.86 bits per heavy atom. The van der Waals surface area contributed by atoms with Crippen LogP contribution in [0.2, 0.25) is 0 Å². The van der Waals surface area contributed by atoms with Crippen LogP contribution >= 0.6 is 0 Å². The Bertz CT molecular complexity index is 85.4. The van der Waals surface area contributed by atoms with Gasteiger partial charge in [0.1, 0.15) is 0 Å². The lowest BCUT2D eigenvalue weighted by Gasteiger charge is -2.00. The van der Waals surface area contributed by atoms with E-state index in [0.717, 1.165) is 0 Å². The van der Waals surface area contributed by atoms with E-state index in [4.69, 9.17) is 0 Å². The Balaban J connectivity index is 3.79. The molecule has 0 aliphatic carbocycles. The lowest BCUT2D eigenvalue weighted by molar-refractivity contribution is -0.139. The molecule has 0 unspecified atom stereocenters. The summed E-state index contributed by atoms with van der Waals surface area (Å²) in [4.78, 5) is 9.49. The summed E-state index contributed by atoms with van der Waals surface area (Å²) in [7, 11) is 0. The van der Waals surface area contributed by atoms with Gasteiger partial charge >= 0.3 is 5.92 Å². The van der Waals surface area contributed by atoms with Gasteiger partial charge in [-0.1, -0.05) is 0 Å². The van der Waals surface area contributed by atoms with Gasteiger partial charge in [0.05, 0.1) is 0 Å². The second-order valence-electron chi connectivity index (χ2n) is 1.25. The first-order chi connectivity index (χ1) is 2.94. The van der Waals surface area contributed by atoms with E-state index < -0.39 is 11.8 Å². The molecule has 0 saturated heterocycles. The smallest absolute Gasteiger partial charge is 0.321 e. The van der Waals surface area contributed by atoms with Crippen molar-refractivity contribution in [3.05, 3.63) is 0 Å². The van der Waals surface area contributed by atoms with Crippen LogP contribution in [0.25, 0.3) is 0 Å². The molecule has 2 N–H and O–H groups in total. The predicted octanol–water partition coefficient (Wildman–Crippen LogP) is 0.127. The van der Waals surface area contributed by atoms with Crippen molar-refractivity contribution in [3.63, 3.8) is 0 Å². The van der Waals surface area contributed by atoms with E-state index >= 15 is 0 Å². The first kappa shape index (κ1) is 6.33. The van der Waals surface area contributed by atoms with Crippen molar-refractivity contribution >= 4 is 5.91 Å². The minimum Gasteiger partial charge on any atom is -0.364 e. The Kier molecular flexibility index (Phi) is 1.30. The quantitative estimate of drug-likeness (QED) is 0.510. The molecule has 0 radical (unpaired) electrons. The molecule has 42 valence electrons. The number of alkyl halides is 2. The van der Waals surface area contributed by atoms with Crippen LogP contribution in [-0.4, -0.2) is 11.8 Å². The number of halogens is 2. The topological polar surface area (TPSA) is 43.1 Å². The maximum atomic E-state index is 11.4. The van der Waals surface area contributed by atoms with Gasteiger partial charge < -0.3 is 5.73 Å². The molecule has 0 aliphatic rings. The number of nitrogens with two attached hydrogens (primary N) is 1. The van der Waals surface area contributed by atoms with E-state index in [9.17, 15) is 13.6 Å². The molecule has 0 fully saturated rings. The molecule has 0 aliphatic heterocycles. The number of hydrogen-bond donors (Lipinski definition) is 1. The number of rotatable bonds is 1.